The number of rotatable bonds is 3. The highest BCUT2D eigenvalue weighted by Crippen LogP contribution is 2.39. The molecule has 0 atom stereocenters. The number of benzene rings is 1. The van der Waals surface area contributed by atoms with E-state index in [1.807, 2.05) is 25.2 Å². The van der Waals surface area contributed by atoms with Crippen molar-refractivity contribution in [2.45, 2.75) is 24.8 Å². The van der Waals surface area contributed by atoms with Crippen LogP contribution in [-0.2, 0) is 22.1 Å². The third kappa shape index (κ3) is 2.34. The van der Waals surface area contributed by atoms with Crippen molar-refractivity contribution < 1.29 is 9.53 Å². The number of carbonyl (C=O) groups excluding carboxylic acids is 1. The van der Waals surface area contributed by atoms with Gasteiger partial charge in [-0.1, -0.05) is 6.07 Å². The highest BCUT2D eigenvalue weighted by atomic mass is 16.5. The van der Waals surface area contributed by atoms with Gasteiger partial charge in [0.05, 0.1) is 23.7 Å². The second-order valence-electron chi connectivity index (χ2n) is 5.61. The molecule has 0 amide bonds. The first-order valence-corrected chi connectivity index (χ1v) is 7.05. The summed E-state index contributed by atoms with van der Waals surface area (Å²) < 4.78 is 6.65. The van der Waals surface area contributed by atoms with Gasteiger partial charge in [0.2, 0.25) is 0 Å². The third-order valence-corrected chi connectivity index (χ3v) is 4.21. The highest BCUT2D eigenvalue weighted by molar-refractivity contribution is 5.88. The van der Waals surface area contributed by atoms with Gasteiger partial charge in [-0.15, -0.1) is 0 Å². The number of methoxy groups -OCH3 is 1. The standard InChI is InChI=1S/C16H19N3O2/c1-19-13-10-11(5-7-14(20)21-2)4-6-12(13)18-15(19)16(17)8-3-9-16/h4-7,10H,3,8-9,17H2,1-2H3. The molecule has 2 aromatic rings. The highest BCUT2D eigenvalue weighted by Gasteiger charge is 2.38. The number of aromatic nitrogens is 2. The Kier molecular flexibility index (Phi) is 3.29. The lowest BCUT2D eigenvalue weighted by Gasteiger charge is -2.37. The van der Waals surface area contributed by atoms with E-state index in [-0.39, 0.29) is 11.5 Å². The number of aryl methyl sites for hydroxylation is 1. The number of hydrogen-bond acceptors (Lipinski definition) is 4. The van der Waals surface area contributed by atoms with Crippen molar-refractivity contribution in [3.63, 3.8) is 0 Å². The second-order valence-corrected chi connectivity index (χ2v) is 5.61. The van der Waals surface area contributed by atoms with Crippen LogP contribution in [0.4, 0.5) is 0 Å². The molecule has 1 heterocycles. The van der Waals surface area contributed by atoms with Crippen molar-refractivity contribution >= 4 is 23.1 Å². The molecule has 5 heteroatoms. The monoisotopic (exact) mass is 285 g/mol. The van der Waals surface area contributed by atoms with Gasteiger partial charge in [-0.2, -0.15) is 0 Å². The molecular formula is C16H19N3O2. The van der Waals surface area contributed by atoms with Crippen LogP contribution in [0.1, 0.15) is 30.7 Å². The normalized spacial score (nSPS) is 17.1. The van der Waals surface area contributed by atoms with E-state index in [1.165, 1.54) is 13.2 Å². The van der Waals surface area contributed by atoms with E-state index in [1.54, 1.807) is 6.08 Å². The quantitative estimate of drug-likeness (QED) is 0.692. The Hall–Kier alpha value is -2.14. The Morgan fingerprint density at radius 1 is 1.48 bits per heavy atom. The molecule has 1 aliphatic rings. The first kappa shape index (κ1) is 13.8. The van der Waals surface area contributed by atoms with Crippen molar-refractivity contribution in [1.29, 1.82) is 0 Å². The molecule has 1 saturated carbocycles. The van der Waals surface area contributed by atoms with Crippen LogP contribution < -0.4 is 5.73 Å². The van der Waals surface area contributed by atoms with Crippen LogP contribution in [-0.4, -0.2) is 22.6 Å². The smallest absolute Gasteiger partial charge is 0.330 e. The zero-order chi connectivity index (χ0) is 15.0. The van der Waals surface area contributed by atoms with Crippen LogP contribution in [0.3, 0.4) is 0 Å². The van der Waals surface area contributed by atoms with E-state index in [0.717, 1.165) is 41.7 Å². The number of nitrogens with two attached hydrogens (primary N) is 1. The summed E-state index contributed by atoms with van der Waals surface area (Å²) in [6.07, 6.45) is 6.28. The van der Waals surface area contributed by atoms with Gasteiger partial charge in [0.1, 0.15) is 5.82 Å². The summed E-state index contributed by atoms with van der Waals surface area (Å²) in [5.41, 5.74) is 8.99. The van der Waals surface area contributed by atoms with E-state index in [4.69, 9.17) is 5.73 Å². The summed E-state index contributed by atoms with van der Waals surface area (Å²) in [5, 5.41) is 0. The van der Waals surface area contributed by atoms with Crippen LogP contribution >= 0.6 is 0 Å². The molecule has 0 bridgehead atoms. The van der Waals surface area contributed by atoms with Gasteiger partial charge >= 0.3 is 5.97 Å². The molecule has 21 heavy (non-hydrogen) atoms. The first-order valence-electron chi connectivity index (χ1n) is 7.05. The van der Waals surface area contributed by atoms with Crippen LogP contribution in [0.15, 0.2) is 24.3 Å². The average molecular weight is 285 g/mol. The van der Waals surface area contributed by atoms with Crippen LogP contribution in [0, 0.1) is 0 Å². The molecule has 0 saturated heterocycles. The Morgan fingerprint density at radius 2 is 2.24 bits per heavy atom. The number of hydrogen-bond donors (Lipinski definition) is 1. The van der Waals surface area contributed by atoms with Crippen molar-refractivity contribution in [3.8, 4) is 0 Å². The zero-order valence-corrected chi connectivity index (χ0v) is 12.3. The van der Waals surface area contributed by atoms with Crippen molar-refractivity contribution in [3.05, 3.63) is 35.7 Å². The summed E-state index contributed by atoms with van der Waals surface area (Å²) in [6, 6.07) is 5.90. The maximum Gasteiger partial charge on any atom is 0.330 e. The second kappa shape index (κ2) is 5.00. The summed E-state index contributed by atoms with van der Waals surface area (Å²) >= 11 is 0. The number of fused-ring (bicyclic) bond motifs is 1. The molecule has 1 aromatic heterocycles. The minimum absolute atomic E-state index is 0.282. The minimum Gasteiger partial charge on any atom is -0.466 e. The lowest BCUT2D eigenvalue weighted by Crippen LogP contribution is -2.45. The Bertz CT molecular complexity index is 726. The number of ether oxygens (including phenoxy) is 1. The maximum absolute atomic E-state index is 11.2. The van der Waals surface area contributed by atoms with E-state index >= 15 is 0 Å². The maximum atomic E-state index is 11.2. The van der Waals surface area contributed by atoms with E-state index in [9.17, 15) is 4.79 Å². The van der Waals surface area contributed by atoms with Gasteiger partial charge in [-0.3, -0.25) is 0 Å². The fraction of sp³-hybridized carbons (Fsp3) is 0.375. The number of carbonyl (C=O) groups is 1. The van der Waals surface area contributed by atoms with Crippen molar-refractivity contribution in [2.24, 2.45) is 12.8 Å². The van der Waals surface area contributed by atoms with Gasteiger partial charge in [0, 0.05) is 13.1 Å². The summed E-state index contributed by atoms with van der Waals surface area (Å²) in [7, 11) is 3.36. The number of nitrogens with zero attached hydrogens (tertiary/aromatic N) is 2. The molecule has 3 rings (SSSR count). The molecule has 1 aromatic carbocycles. The van der Waals surface area contributed by atoms with Crippen molar-refractivity contribution in [2.75, 3.05) is 7.11 Å². The molecule has 1 fully saturated rings. The van der Waals surface area contributed by atoms with Gasteiger partial charge in [-0.25, -0.2) is 9.78 Å². The Balaban J connectivity index is 2.00. The van der Waals surface area contributed by atoms with E-state index in [2.05, 4.69) is 14.3 Å². The molecule has 0 unspecified atom stereocenters. The first-order chi connectivity index (χ1) is 10.0. The zero-order valence-electron chi connectivity index (χ0n) is 12.3. The average Bonchev–Trinajstić information content (AvgIpc) is 2.79. The van der Waals surface area contributed by atoms with Crippen LogP contribution in [0.2, 0.25) is 0 Å². The van der Waals surface area contributed by atoms with E-state index in [0.29, 0.717) is 0 Å². The van der Waals surface area contributed by atoms with Crippen molar-refractivity contribution in [1.82, 2.24) is 9.55 Å². The lowest BCUT2D eigenvalue weighted by atomic mass is 9.77. The molecule has 1 aliphatic carbocycles. The van der Waals surface area contributed by atoms with Crippen LogP contribution in [0.5, 0.6) is 0 Å². The molecule has 0 spiro atoms. The SMILES string of the molecule is COC(=O)C=Cc1ccc2nc(C3(N)CCC3)n(C)c2c1. The number of esters is 1. The predicted octanol–water partition coefficient (Wildman–Crippen LogP) is 2.10. The molecule has 0 aliphatic heterocycles. The summed E-state index contributed by atoms with van der Waals surface area (Å²) in [6.45, 7) is 0. The summed E-state index contributed by atoms with van der Waals surface area (Å²) in [5.74, 6) is 0.578. The lowest BCUT2D eigenvalue weighted by molar-refractivity contribution is -0.134. The number of imidazole rings is 1. The molecule has 2 N–H and O–H groups in total. The van der Waals surface area contributed by atoms with Gasteiger partial charge in [0.15, 0.2) is 0 Å². The molecule has 110 valence electrons. The molecule has 0 radical (unpaired) electrons. The van der Waals surface area contributed by atoms with Crippen LogP contribution in [0.25, 0.3) is 17.1 Å². The fourth-order valence-corrected chi connectivity index (χ4v) is 2.77. The Morgan fingerprint density at radius 3 is 2.86 bits per heavy atom. The summed E-state index contributed by atoms with van der Waals surface area (Å²) in [4.78, 5) is 15.8. The molecular weight excluding hydrogens is 266 g/mol. The fourth-order valence-electron chi connectivity index (χ4n) is 2.77. The topological polar surface area (TPSA) is 70.1 Å². The molecule has 5 nitrogen and oxygen atoms in total. The third-order valence-electron chi connectivity index (χ3n) is 4.21. The van der Waals surface area contributed by atoms with Gasteiger partial charge < -0.3 is 15.0 Å². The van der Waals surface area contributed by atoms with E-state index < -0.39 is 0 Å². The Labute approximate surface area is 123 Å². The predicted molar refractivity (Wildman–Crippen MR) is 81.5 cm³/mol. The minimum atomic E-state index is -0.365. The van der Waals surface area contributed by atoms with Gasteiger partial charge in [0.25, 0.3) is 0 Å². The largest absolute Gasteiger partial charge is 0.466 e. The van der Waals surface area contributed by atoms with Gasteiger partial charge in [-0.05, 0) is 43.0 Å².